The van der Waals surface area contributed by atoms with Gasteiger partial charge >= 0.3 is 0 Å². The number of benzene rings is 1. The quantitative estimate of drug-likeness (QED) is 0.846. The van der Waals surface area contributed by atoms with Crippen LogP contribution in [0.1, 0.15) is 12.8 Å². The molecule has 0 atom stereocenters. The Kier molecular flexibility index (Phi) is 5.06. The Balaban J connectivity index is 1.69. The van der Waals surface area contributed by atoms with Crippen molar-refractivity contribution in [2.24, 2.45) is 0 Å². The van der Waals surface area contributed by atoms with Crippen molar-refractivity contribution in [1.29, 1.82) is 0 Å². The molecule has 4 rings (SSSR count). The normalized spacial score (nSPS) is 18.3. The van der Waals surface area contributed by atoms with Crippen molar-refractivity contribution in [2.75, 3.05) is 53.9 Å². The minimum absolute atomic E-state index is 0.331. The Hall–Kier alpha value is -1.77. The fraction of sp³-hybridized carbons (Fsp3) is 0.444. The third-order valence-electron chi connectivity index (χ3n) is 4.81. The van der Waals surface area contributed by atoms with Gasteiger partial charge in [0, 0.05) is 31.9 Å². The maximum atomic E-state index is 12.8. The van der Waals surface area contributed by atoms with E-state index in [1.54, 1.807) is 17.5 Å². The zero-order chi connectivity index (χ0) is 18.0. The van der Waals surface area contributed by atoms with Gasteiger partial charge < -0.3 is 14.5 Å². The molecule has 8 heteroatoms. The molecule has 0 bridgehead atoms. The molecule has 2 aromatic rings. The van der Waals surface area contributed by atoms with E-state index in [4.69, 9.17) is 4.74 Å². The summed E-state index contributed by atoms with van der Waals surface area (Å²) in [5, 5.41) is 1.78. The van der Waals surface area contributed by atoms with Gasteiger partial charge in [0.25, 0.3) is 10.0 Å². The highest BCUT2D eigenvalue weighted by Gasteiger charge is 2.22. The second-order valence-corrected chi connectivity index (χ2v) is 9.39. The van der Waals surface area contributed by atoms with Crippen molar-refractivity contribution >= 4 is 38.4 Å². The first-order valence-corrected chi connectivity index (χ1v) is 11.3. The largest absolute Gasteiger partial charge is 0.378 e. The minimum atomic E-state index is -3.58. The van der Waals surface area contributed by atoms with Gasteiger partial charge in [0.2, 0.25) is 0 Å². The van der Waals surface area contributed by atoms with Crippen molar-refractivity contribution in [3.8, 4) is 0 Å². The van der Waals surface area contributed by atoms with Gasteiger partial charge in [-0.3, -0.25) is 4.72 Å². The zero-order valence-corrected chi connectivity index (χ0v) is 16.2. The number of hydrogen-bond donors (Lipinski definition) is 1. The van der Waals surface area contributed by atoms with E-state index in [2.05, 4.69) is 20.6 Å². The Morgan fingerprint density at radius 1 is 1.00 bits per heavy atom. The molecule has 0 spiro atoms. The molecule has 140 valence electrons. The summed E-state index contributed by atoms with van der Waals surface area (Å²) < 4.78 is 34.1. The molecule has 0 radical (unpaired) electrons. The monoisotopic (exact) mass is 393 g/mol. The second-order valence-electron chi connectivity index (χ2n) is 6.53. The number of rotatable bonds is 5. The molecule has 1 N–H and O–H groups in total. The van der Waals surface area contributed by atoms with Gasteiger partial charge in [0.1, 0.15) is 4.21 Å². The van der Waals surface area contributed by atoms with Crippen LogP contribution in [-0.4, -0.2) is 47.8 Å². The number of thiophene rings is 1. The van der Waals surface area contributed by atoms with Crippen LogP contribution < -0.4 is 14.5 Å². The van der Waals surface area contributed by atoms with Crippen molar-refractivity contribution in [3.63, 3.8) is 0 Å². The number of anilines is 3. The lowest BCUT2D eigenvalue weighted by molar-refractivity contribution is 0.123. The fourth-order valence-electron chi connectivity index (χ4n) is 3.47. The molecule has 6 nitrogen and oxygen atoms in total. The summed E-state index contributed by atoms with van der Waals surface area (Å²) in [5.74, 6) is 0. The summed E-state index contributed by atoms with van der Waals surface area (Å²) in [6.45, 7) is 4.88. The van der Waals surface area contributed by atoms with Gasteiger partial charge in [0.15, 0.2) is 0 Å². The van der Waals surface area contributed by atoms with Crippen LogP contribution in [0.25, 0.3) is 0 Å². The van der Waals surface area contributed by atoms with E-state index in [0.29, 0.717) is 23.1 Å². The van der Waals surface area contributed by atoms with Gasteiger partial charge in [-0.25, -0.2) is 8.42 Å². The van der Waals surface area contributed by atoms with Crippen molar-refractivity contribution in [1.82, 2.24) is 0 Å². The van der Waals surface area contributed by atoms with Gasteiger partial charge in [-0.2, -0.15) is 0 Å². The molecule has 0 amide bonds. The molecule has 2 aliphatic heterocycles. The van der Waals surface area contributed by atoms with E-state index in [1.807, 2.05) is 12.1 Å². The molecule has 0 aliphatic carbocycles. The van der Waals surface area contributed by atoms with E-state index in [0.717, 1.165) is 37.6 Å². The van der Waals surface area contributed by atoms with Crippen LogP contribution in [0.5, 0.6) is 0 Å². The minimum Gasteiger partial charge on any atom is -0.378 e. The summed E-state index contributed by atoms with van der Waals surface area (Å²) in [4.78, 5) is 4.50. The number of ether oxygens (including phenoxy) is 1. The highest BCUT2D eigenvalue weighted by atomic mass is 32.2. The van der Waals surface area contributed by atoms with Crippen LogP contribution in [0, 0.1) is 0 Å². The second kappa shape index (κ2) is 7.46. The van der Waals surface area contributed by atoms with Gasteiger partial charge in [-0.1, -0.05) is 6.07 Å². The highest BCUT2D eigenvalue weighted by molar-refractivity contribution is 7.94. The predicted octanol–water partition coefficient (Wildman–Crippen LogP) is 2.99. The average Bonchev–Trinajstić information content (AvgIpc) is 3.36. The van der Waals surface area contributed by atoms with Crippen molar-refractivity contribution in [3.05, 3.63) is 35.7 Å². The summed E-state index contributed by atoms with van der Waals surface area (Å²) in [5.41, 5.74) is 2.63. The number of hydrogen-bond acceptors (Lipinski definition) is 6. The fourth-order valence-corrected chi connectivity index (χ4v) is 5.53. The lowest BCUT2D eigenvalue weighted by atomic mass is 10.2. The smallest absolute Gasteiger partial charge is 0.271 e. The first kappa shape index (κ1) is 17.6. The Morgan fingerprint density at radius 2 is 1.77 bits per heavy atom. The van der Waals surface area contributed by atoms with Crippen LogP contribution in [0.15, 0.2) is 39.9 Å². The standard InChI is InChI=1S/C18H23N3O3S2/c22-26(23,18-4-3-13-25-18)19-16-14-15(20-7-1-2-8-20)5-6-17(16)21-9-11-24-12-10-21/h3-6,13-14,19H,1-2,7-12H2. The lowest BCUT2D eigenvalue weighted by Crippen LogP contribution is -2.36. The molecule has 1 aromatic carbocycles. The molecule has 1 aromatic heterocycles. The Morgan fingerprint density at radius 3 is 2.46 bits per heavy atom. The first-order valence-electron chi connectivity index (χ1n) is 8.91. The first-order chi connectivity index (χ1) is 12.6. The van der Waals surface area contributed by atoms with E-state index >= 15 is 0 Å². The third-order valence-corrected chi connectivity index (χ3v) is 7.57. The number of nitrogens with zero attached hydrogens (tertiary/aromatic N) is 2. The van der Waals surface area contributed by atoms with Crippen molar-refractivity contribution in [2.45, 2.75) is 17.1 Å². The summed E-state index contributed by atoms with van der Waals surface area (Å²) in [7, 11) is -3.58. The zero-order valence-electron chi connectivity index (χ0n) is 14.6. The van der Waals surface area contributed by atoms with Gasteiger partial charge in [-0.15, -0.1) is 11.3 Å². The summed E-state index contributed by atoms with van der Waals surface area (Å²) >= 11 is 1.23. The Bertz CT molecular complexity index is 841. The van der Waals surface area contributed by atoms with Gasteiger partial charge in [0.05, 0.1) is 24.6 Å². The average molecular weight is 394 g/mol. The van der Waals surface area contributed by atoms with Crippen LogP contribution in [0.4, 0.5) is 17.1 Å². The molecule has 0 unspecified atom stereocenters. The summed E-state index contributed by atoms with van der Waals surface area (Å²) in [6, 6.07) is 9.49. The maximum Gasteiger partial charge on any atom is 0.271 e. The lowest BCUT2D eigenvalue weighted by Gasteiger charge is -2.31. The number of morpholine rings is 1. The predicted molar refractivity (Wildman–Crippen MR) is 106 cm³/mol. The molecule has 2 aliphatic rings. The molecule has 2 saturated heterocycles. The van der Waals surface area contributed by atoms with Crippen LogP contribution >= 0.6 is 11.3 Å². The number of sulfonamides is 1. The summed E-state index contributed by atoms with van der Waals surface area (Å²) in [6.07, 6.45) is 2.36. The topological polar surface area (TPSA) is 61.9 Å². The van der Waals surface area contributed by atoms with Crippen LogP contribution in [-0.2, 0) is 14.8 Å². The molecular formula is C18H23N3O3S2. The van der Waals surface area contributed by atoms with E-state index < -0.39 is 10.0 Å². The van der Waals surface area contributed by atoms with Crippen LogP contribution in [0.3, 0.4) is 0 Å². The van der Waals surface area contributed by atoms with E-state index in [-0.39, 0.29) is 0 Å². The van der Waals surface area contributed by atoms with Crippen molar-refractivity contribution < 1.29 is 13.2 Å². The van der Waals surface area contributed by atoms with Crippen LogP contribution in [0.2, 0.25) is 0 Å². The van der Waals surface area contributed by atoms with E-state index in [1.165, 1.54) is 24.2 Å². The molecule has 3 heterocycles. The molecule has 0 saturated carbocycles. The SMILES string of the molecule is O=S(=O)(Nc1cc(N2CCCC2)ccc1N1CCOCC1)c1cccs1. The van der Waals surface area contributed by atoms with Gasteiger partial charge in [-0.05, 0) is 42.5 Å². The Labute approximate surface area is 158 Å². The number of nitrogens with one attached hydrogen (secondary N) is 1. The molecular weight excluding hydrogens is 370 g/mol. The third kappa shape index (κ3) is 3.67. The maximum absolute atomic E-state index is 12.8. The highest BCUT2D eigenvalue weighted by Crippen LogP contribution is 2.34. The molecule has 2 fully saturated rings. The molecule has 26 heavy (non-hydrogen) atoms. The van der Waals surface area contributed by atoms with E-state index in [9.17, 15) is 8.42 Å².